The maximum atomic E-state index is 11.1. The van der Waals surface area contributed by atoms with E-state index in [9.17, 15) is 4.79 Å². The average Bonchev–Trinajstić information content (AvgIpc) is 2.91. The molecule has 0 radical (unpaired) electrons. The number of carbonyl (C=O) groups excluding carboxylic acids is 1. The van der Waals surface area contributed by atoms with Gasteiger partial charge in [-0.05, 0) is 24.2 Å². The van der Waals surface area contributed by atoms with Crippen LogP contribution in [0.15, 0.2) is 34.5 Å². The molecule has 1 aliphatic rings. The summed E-state index contributed by atoms with van der Waals surface area (Å²) in [6.07, 6.45) is 1.75. The van der Waals surface area contributed by atoms with Crippen molar-refractivity contribution in [2.75, 3.05) is 18.8 Å². The van der Waals surface area contributed by atoms with Gasteiger partial charge in [0, 0.05) is 6.54 Å². The Morgan fingerprint density at radius 1 is 1.33 bits per heavy atom. The van der Waals surface area contributed by atoms with E-state index in [1.165, 1.54) is 17.3 Å². The minimum Gasteiger partial charge on any atom is -0.303 e. The second-order valence-corrected chi connectivity index (χ2v) is 5.61. The number of carbonyl (C=O) groups is 1. The van der Waals surface area contributed by atoms with E-state index in [4.69, 9.17) is 0 Å². The quantitative estimate of drug-likeness (QED) is 0.646. The molecular formula is C15H20N4OS. The zero-order valence-electron chi connectivity index (χ0n) is 12.4. The molecule has 2 rings (SSSR count). The smallest absolute Gasteiger partial charge is 0.236 e. The Labute approximate surface area is 129 Å². The fraction of sp³-hybridized carbons (Fsp3) is 0.400. The normalized spacial score (nSPS) is 17.1. The lowest BCUT2D eigenvalue weighted by molar-refractivity contribution is -0.116. The summed E-state index contributed by atoms with van der Waals surface area (Å²) < 4.78 is 0. The van der Waals surface area contributed by atoms with Gasteiger partial charge in [-0.2, -0.15) is 5.10 Å². The van der Waals surface area contributed by atoms with Gasteiger partial charge in [0.2, 0.25) is 5.91 Å². The van der Waals surface area contributed by atoms with Gasteiger partial charge in [0.1, 0.15) is 0 Å². The first-order valence-corrected chi connectivity index (χ1v) is 8.05. The van der Waals surface area contributed by atoms with Crippen molar-refractivity contribution in [1.29, 1.82) is 0 Å². The summed E-state index contributed by atoms with van der Waals surface area (Å²) in [4.78, 5) is 13.4. The Bertz CT molecular complexity index is 552. The van der Waals surface area contributed by atoms with Crippen LogP contribution in [0.25, 0.3) is 0 Å². The highest BCUT2D eigenvalue weighted by molar-refractivity contribution is 8.15. The van der Waals surface area contributed by atoms with Crippen molar-refractivity contribution in [3.05, 3.63) is 35.4 Å². The molecule has 0 atom stereocenters. The molecular weight excluding hydrogens is 284 g/mol. The van der Waals surface area contributed by atoms with E-state index < -0.39 is 0 Å². The van der Waals surface area contributed by atoms with Crippen molar-refractivity contribution >= 4 is 29.1 Å². The molecule has 1 aliphatic heterocycles. The first-order chi connectivity index (χ1) is 10.2. The first-order valence-electron chi connectivity index (χ1n) is 7.06. The third-order valence-corrected chi connectivity index (χ3v) is 4.14. The number of hydrogen-bond donors (Lipinski definition) is 1. The van der Waals surface area contributed by atoms with Gasteiger partial charge < -0.3 is 5.32 Å². The summed E-state index contributed by atoms with van der Waals surface area (Å²) in [5.74, 6) is 0.406. The highest BCUT2D eigenvalue weighted by atomic mass is 32.2. The minimum absolute atomic E-state index is 0.0177. The molecule has 21 heavy (non-hydrogen) atoms. The van der Waals surface area contributed by atoms with Gasteiger partial charge in [0.15, 0.2) is 5.17 Å². The maximum Gasteiger partial charge on any atom is 0.236 e. The highest BCUT2D eigenvalue weighted by Crippen LogP contribution is 2.11. The van der Waals surface area contributed by atoms with Gasteiger partial charge in [0.05, 0.1) is 12.0 Å². The van der Waals surface area contributed by atoms with E-state index in [1.807, 2.05) is 18.2 Å². The van der Waals surface area contributed by atoms with Crippen molar-refractivity contribution < 1.29 is 4.79 Å². The van der Waals surface area contributed by atoms with Gasteiger partial charge in [-0.3, -0.25) is 9.69 Å². The molecule has 0 spiro atoms. The van der Waals surface area contributed by atoms with Crippen molar-refractivity contribution in [3.8, 4) is 0 Å². The average molecular weight is 304 g/mol. The molecule has 1 heterocycles. The molecule has 0 saturated carbocycles. The SMILES string of the molecule is CCN(CC)Cc1ccccc1C=NN=C1NC(=O)CS1. The van der Waals surface area contributed by atoms with Crippen LogP contribution in [0.5, 0.6) is 0 Å². The monoisotopic (exact) mass is 304 g/mol. The third kappa shape index (κ3) is 4.68. The predicted octanol–water partition coefficient (Wildman–Crippen LogP) is 2.08. The minimum atomic E-state index is -0.0177. The molecule has 6 heteroatoms. The lowest BCUT2D eigenvalue weighted by Gasteiger charge is -2.19. The van der Waals surface area contributed by atoms with E-state index in [2.05, 4.69) is 40.3 Å². The molecule has 1 saturated heterocycles. The number of benzene rings is 1. The molecule has 1 fully saturated rings. The van der Waals surface area contributed by atoms with Crippen molar-refractivity contribution in [2.24, 2.45) is 10.2 Å². The molecule has 112 valence electrons. The summed E-state index contributed by atoms with van der Waals surface area (Å²) in [5, 5.41) is 11.3. The van der Waals surface area contributed by atoms with Crippen LogP contribution in [0.3, 0.4) is 0 Å². The lowest BCUT2D eigenvalue weighted by Crippen LogP contribution is -2.22. The number of hydrogen-bond acceptors (Lipinski definition) is 5. The van der Waals surface area contributed by atoms with E-state index in [-0.39, 0.29) is 5.91 Å². The Balaban J connectivity index is 2.07. The zero-order chi connectivity index (χ0) is 15.1. The van der Waals surface area contributed by atoms with Crippen LogP contribution in [0, 0.1) is 0 Å². The largest absolute Gasteiger partial charge is 0.303 e. The molecule has 5 nitrogen and oxygen atoms in total. The van der Waals surface area contributed by atoms with Gasteiger partial charge in [0.25, 0.3) is 0 Å². The Kier molecular flexibility index (Phi) is 5.95. The molecule has 1 aromatic carbocycles. The number of amidine groups is 1. The van der Waals surface area contributed by atoms with E-state index in [1.54, 1.807) is 6.21 Å². The lowest BCUT2D eigenvalue weighted by atomic mass is 10.1. The highest BCUT2D eigenvalue weighted by Gasteiger charge is 2.15. The summed E-state index contributed by atoms with van der Waals surface area (Å²) in [5.41, 5.74) is 2.29. The summed E-state index contributed by atoms with van der Waals surface area (Å²) in [6.45, 7) is 7.26. The second kappa shape index (κ2) is 7.95. The number of nitrogens with one attached hydrogen (secondary N) is 1. The van der Waals surface area contributed by atoms with E-state index >= 15 is 0 Å². The van der Waals surface area contributed by atoms with Crippen LogP contribution in [0.1, 0.15) is 25.0 Å². The van der Waals surface area contributed by atoms with Gasteiger partial charge in [-0.1, -0.05) is 49.9 Å². The summed E-state index contributed by atoms with van der Waals surface area (Å²) in [7, 11) is 0. The Morgan fingerprint density at radius 2 is 2.10 bits per heavy atom. The molecule has 1 N–H and O–H groups in total. The fourth-order valence-electron chi connectivity index (χ4n) is 2.01. The molecule has 0 bridgehead atoms. The van der Waals surface area contributed by atoms with Crippen LogP contribution in [-0.2, 0) is 11.3 Å². The molecule has 0 aliphatic carbocycles. The third-order valence-electron chi connectivity index (χ3n) is 3.28. The number of nitrogens with zero attached hydrogens (tertiary/aromatic N) is 3. The summed E-state index contributed by atoms with van der Waals surface area (Å²) in [6, 6.07) is 8.17. The van der Waals surface area contributed by atoms with E-state index in [0.29, 0.717) is 10.9 Å². The van der Waals surface area contributed by atoms with Crippen molar-refractivity contribution in [2.45, 2.75) is 20.4 Å². The van der Waals surface area contributed by atoms with Crippen LogP contribution < -0.4 is 5.32 Å². The van der Waals surface area contributed by atoms with Crippen LogP contribution in [-0.4, -0.2) is 41.0 Å². The molecule has 0 unspecified atom stereocenters. The van der Waals surface area contributed by atoms with Crippen LogP contribution in [0.4, 0.5) is 0 Å². The molecule has 1 amide bonds. The Morgan fingerprint density at radius 3 is 2.76 bits per heavy atom. The van der Waals surface area contributed by atoms with Crippen molar-refractivity contribution in [1.82, 2.24) is 10.2 Å². The number of amides is 1. The zero-order valence-corrected chi connectivity index (χ0v) is 13.2. The standard InChI is InChI=1S/C15H20N4OS/c1-3-19(4-2)10-13-8-6-5-7-12(13)9-16-18-15-17-14(20)11-21-15/h5-9H,3-4,10-11H2,1-2H3,(H,17,18,20). The van der Waals surface area contributed by atoms with Crippen LogP contribution >= 0.6 is 11.8 Å². The van der Waals surface area contributed by atoms with Gasteiger partial charge >= 0.3 is 0 Å². The fourth-order valence-corrected chi connectivity index (χ4v) is 2.65. The Hall–Kier alpha value is -1.66. The maximum absolute atomic E-state index is 11.1. The van der Waals surface area contributed by atoms with Gasteiger partial charge in [-0.25, -0.2) is 0 Å². The molecule has 1 aromatic rings. The van der Waals surface area contributed by atoms with Gasteiger partial charge in [-0.15, -0.1) is 5.10 Å². The predicted molar refractivity (Wildman–Crippen MR) is 88.7 cm³/mol. The first kappa shape index (κ1) is 15.7. The summed E-state index contributed by atoms with van der Waals surface area (Å²) >= 11 is 1.38. The second-order valence-electron chi connectivity index (χ2n) is 4.65. The number of thioether (sulfide) groups is 1. The number of rotatable bonds is 6. The van der Waals surface area contributed by atoms with E-state index in [0.717, 1.165) is 25.2 Å². The topological polar surface area (TPSA) is 57.1 Å². The molecule has 0 aromatic heterocycles. The van der Waals surface area contributed by atoms with Crippen LogP contribution in [0.2, 0.25) is 0 Å². The van der Waals surface area contributed by atoms with Crippen molar-refractivity contribution in [3.63, 3.8) is 0 Å².